The van der Waals surface area contributed by atoms with Crippen LogP contribution >= 0.6 is 0 Å². The molecule has 31 heavy (non-hydrogen) atoms. The van der Waals surface area contributed by atoms with Gasteiger partial charge in [0.15, 0.2) is 0 Å². The summed E-state index contributed by atoms with van der Waals surface area (Å²) in [6.45, 7) is 30.5. The lowest BCUT2D eigenvalue weighted by molar-refractivity contribution is 0.174. The third-order valence-corrected chi connectivity index (χ3v) is 4.97. The summed E-state index contributed by atoms with van der Waals surface area (Å²) in [4.78, 5) is 7.10. The second-order valence-corrected chi connectivity index (χ2v) is 8.22. The van der Waals surface area contributed by atoms with Crippen molar-refractivity contribution in [2.75, 3.05) is 65.4 Å². The van der Waals surface area contributed by atoms with E-state index >= 15 is 0 Å². The molecule has 0 aromatic rings. The van der Waals surface area contributed by atoms with Crippen LogP contribution in [0.3, 0.4) is 0 Å². The molecule has 0 aliphatic heterocycles. The van der Waals surface area contributed by atoms with E-state index in [-0.39, 0.29) is 0 Å². The van der Waals surface area contributed by atoms with Gasteiger partial charge in [-0.3, -0.25) is 9.80 Å². The van der Waals surface area contributed by atoms with Gasteiger partial charge in [-0.25, -0.2) is 0 Å². The zero-order chi connectivity index (χ0) is 24.5. The van der Waals surface area contributed by atoms with E-state index in [1.54, 1.807) is 0 Å². The van der Waals surface area contributed by atoms with Crippen LogP contribution in [-0.4, -0.2) is 92.2 Å². The molecule has 6 nitrogen and oxygen atoms in total. The molecule has 0 aromatic carbocycles. The number of nitrogens with two attached hydrogens (primary N) is 3. The van der Waals surface area contributed by atoms with Crippen LogP contribution in [0, 0.1) is 0 Å². The van der Waals surface area contributed by atoms with Crippen LogP contribution in [-0.2, 0) is 0 Å². The van der Waals surface area contributed by atoms with Crippen molar-refractivity contribution < 1.29 is 0 Å². The van der Waals surface area contributed by atoms with Crippen LogP contribution < -0.4 is 17.2 Å². The smallest absolute Gasteiger partial charge is 0.0163 e. The quantitative estimate of drug-likeness (QED) is 0.300. The standard InChI is InChI=1S/C9H22N2.C9H18N2.C7H18N2/c1-8(2)11(9(3)4)7-5-6-10;1-3-7-11(8-4-2)9-5-6-10;1-3-9(4-2)7-5-6-8/h8-9H,5-7,10H2,1-4H3;3-4H,1-2,5-10H2;3-8H2,1-2H3. The van der Waals surface area contributed by atoms with E-state index < -0.39 is 0 Å². The molecule has 0 saturated heterocycles. The maximum absolute atomic E-state index is 5.45. The van der Waals surface area contributed by atoms with Crippen LogP contribution in [0.25, 0.3) is 0 Å². The van der Waals surface area contributed by atoms with E-state index in [1.807, 2.05) is 12.2 Å². The molecule has 0 aromatic heterocycles. The van der Waals surface area contributed by atoms with E-state index in [9.17, 15) is 0 Å². The van der Waals surface area contributed by atoms with Gasteiger partial charge in [-0.2, -0.15) is 0 Å². The first kappa shape index (κ1) is 34.8. The Morgan fingerprint density at radius 1 is 0.645 bits per heavy atom. The minimum atomic E-state index is 0.640. The highest BCUT2D eigenvalue weighted by molar-refractivity contribution is 4.79. The van der Waals surface area contributed by atoms with Gasteiger partial charge in [0, 0.05) is 25.2 Å². The van der Waals surface area contributed by atoms with Crippen molar-refractivity contribution in [1.29, 1.82) is 0 Å². The van der Waals surface area contributed by atoms with Crippen molar-refractivity contribution >= 4 is 0 Å². The average molecular weight is 443 g/mol. The molecule has 0 bridgehead atoms. The Kier molecular flexibility index (Phi) is 30.7. The minimum Gasteiger partial charge on any atom is -0.330 e. The van der Waals surface area contributed by atoms with Crippen molar-refractivity contribution in [1.82, 2.24) is 14.7 Å². The van der Waals surface area contributed by atoms with Gasteiger partial charge in [0.2, 0.25) is 0 Å². The van der Waals surface area contributed by atoms with Crippen molar-refractivity contribution in [3.63, 3.8) is 0 Å². The van der Waals surface area contributed by atoms with Crippen LogP contribution in [0.5, 0.6) is 0 Å². The Labute approximate surface area is 195 Å². The predicted molar refractivity (Wildman–Crippen MR) is 143 cm³/mol. The SMILES string of the molecule is C=CCN(CC=C)CCCN.CC(C)N(CCCN)C(C)C.CCN(CC)CCCN. The van der Waals surface area contributed by atoms with E-state index in [0.717, 1.165) is 84.7 Å². The first-order valence-corrected chi connectivity index (χ1v) is 12.3. The Morgan fingerprint density at radius 3 is 1.29 bits per heavy atom. The van der Waals surface area contributed by atoms with Gasteiger partial charge < -0.3 is 22.1 Å². The van der Waals surface area contributed by atoms with Crippen molar-refractivity contribution in [3.05, 3.63) is 25.3 Å². The molecule has 0 rings (SSSR count). The molecule has 0 spiro atoms. The summed E-state index contributed by atoms with van der Waals surface area (Å²) < 4.78 is 0. The Morgan fingerprint density at radius 2 is 1.00 bits per heavy atom. The van der Waals surface area contributed by atoms with Crippen molar-refractivity contribution in [2.45, 2.75) is 72.9 Å². The highest BCUT2D eigenvalue weighted by atomic mass is 15.2. The van der Waals surface area contributed by atoms with E-state index in [1.165, 1.54) is 0 Å². The first-order chi connectivity index (χ1) is 14.8. The third kappa shape index (κ3) is 25.4. The molecule has 0 unspecified atom stereocenters. The van der Waals surface area contributed by atoms with E-state index in [2.05, 4.69) is 69.4 Å². The molecule has 0 heterocycles. The number of hydrogen-bond acceptors (Lipinski definition) is 6. The highest BCUT2D eigenvalue weighted by Gasteiger charge is 2.11. The third-order valence-electron chi connectivity index (χ3n) is 4.97. The fourth-order valence-electron chi connectivity index (χ4n) is 3.18. The second-order valence-electron chi connectivity index (χ2n) is 8.22. The van der Waals surface area contributed by atoms with Crippen LogP contribution in [0.4, 0.5) is 0 Å². The lowest BCUT2D eigenvalue weighted by Gasteiger charge is -2.30. The maximum atomic E-state index is 5.45. The molecule has 6 heteroatoms. The topological polar surface area (TPSA) is 87.8 Å². The molecule has 0 fully saturated rings. The van der Waals surface area contributed by atoms with Gasteiger partial charge in [-0.05, 0) is 99.3 Å². The average Bonchev–Trinajstić information content (AvgIpc) is 2.74. The second kappa shape index (κ2) is 27.3. The summed E-state index contributed by atoms with van der Waals surface area (Å²) in [5.74, 6) is 0. The Bertz CT molecular complexity index is 338. The van der Waals surface area contributed by atoms with Crippen LogP contribution in [0.1, 0.15) is 60.8 Å². The fourth-order valence-corrected chi connectivity index (χ4v) is 3.18. The molecule has 6 N–H and O–H groups in total. The monoisotopic (exact) mass is 442 g/mol. The summed E-state index contributed by atoms with van der Waals surface area (Å²) in [6, 6.07) is 1.28. The van der Waals surface area contributed by atoms with Crippen LogP contribution in [0.2, 0.25) is 0 Å². The summed E-state index contributed by atoms with van der Waals surface area (Å²) in [6.07, 6.45) is 7.08. The van der Waals surface area contributed by atoms with Gasteiger partial charge in [0.25, 0.3) is 0 Å². The number of nitrogens with zero attached hydrogens (tertiary/aromatic N) is 3. The molecule has 0 amide bonds. The van der Waals surface area contributed by atoms with Crippen molar-refractivity contribution in [2.24, 2.45) is 17.2 Å². The lowest BCUT2D eigenvalue weighted by Crippen LogP contribution is -2.38. The fraction of sp³-hybridized carbons (Fsp3) is 0.840. The molecule has 0 saturated carbocycles. The molecule has 0 atom stereocenters. The number of rotatable bonds is 17. The zero-order valence-electron chi connectivity index (χ0n) is 22.0. The lowest BCUT2D eigenvalue weighted by atomic mass is 10.2. The van der Waals surface area contributed by atoms with Gasteiger partial charge in [-0.1, -0.05) is 26.0 Å². The Balaban J connectivity index is -0.000000382. The normalized spacial score (nSPS) is 10.9. The zero-order valence-corrected chi connectivity index (χ0v) is 22.0. The van der Waals surface area contributed by atoms with Gasteiger partial charge in [0.05, 0.1) is 0 Å². The number of hydrogen-bond donors (Lipinski definition) is 3. The maximum Gasteiger partial charge on any atom is 0.0163 e. The van der Waals surface area contributed by atoms with E-state index in [0.29, 0.717) is 12.1 Å². The molecule has 0 aliphatic carbocycles. The van der Waals surface area contributed by atoms with Crippen LogP contribution in [0.15, 0.2) is 25.3 Å². The minimum absolute atomic E-state index is 0.640. The predicted octanol–water partition coefficient (Wildman–Crippen LogP) is 3.14. The summed E-state index contributed by atoms with van der Waals surface area (Å²) >= 11 is 0. The summed E-state index contributed by atoms with van der Waals surface area (Å²) in [5.41, 5.74) is 16.2. The van der Waals surface area contributed by atoms with E-state index in [4.69, 9.17) is 17.2 Å². The first-order valence-electron chi connectivity index (χ1n) is 12.3. The van der Waals surface area contributed by atoms with Gasteiger partial charge >= 0.3 is 0 Å². The van der Waals surface area contributed by atoms with Crippen molar-refractivity contribution in [3.8, 4) is 0 Å². The molecule has 0 radical (unpaired) electrons. The summed E-state index contributed by atoms with van der Waals surface area (Å²) in [5, 5.41) is 0. The molecular formula is C25H58N6. The van der Waals surface area contributed by atoms with Gasteiger partial charge in [0.1, 0.15) is 0 Å². The largest absolute Gasteiger partial charge is 0.330 e. The highest BCUT2D eigenvalue weighted by Crippen LogP contribution is 2.04. The summed E-state index contributed by atoms with van der Waals surface area (Å²) in [7, 11) is 0. The molecular weight excluding hydrogens is 384 g/mol. The molecule has 188 valence electrons. The Hall–Kier alpha value is -0.760. The van der Waals surface area contributed by atoms with Gasteiger partial charge in [-0.15, -0.1) is 13.2 Å². The molecule has 0 aliphatic rings.